The van der Waals surface area contributed by atoms with Crippen molar-refractivity contribution in [2.24, 2.45) is 0 Å². The van der Waals surface area contributed by atoms with E-state index in [0.29, 0.717) is 30.4 Å². The van der Waals surface area contributed by atoms with Gasteiger partial charge in [0.05, 0.1) is 0 Å². The van der Waals surface area contributed by atoms with Crippen LogP contribution in [0, 0.1) is 17.5 Å². The number of hydrogen-bond acceptors (Lipinski definition) is 1. The molecular formula is C29H29F5O. The predicted molar refractivity (Wildman–Crippen MR) is 127 cm³/mol. The number of benzene rings is 3. The van der Waals surface area contributed by atoms with Gasteiger partial charge in [0.1, 0.15) is 29.8 Å². The summed E-state index contributed by atoms with van der Waals surface area (Å²) in [6.07, 6.45) is -0.0187. The van der Waals surface area contributed by atoms with Crippen molar-refractivity contribution < 1.29 is 26.7 Å². The molecule has 2 atom stereocenters. The molecule has 2 unspecified atom stereocenters. The van der Waals surface area contributed by atoms with Crippen LogP contribution in [0.1, 0.15) is 79.7 Å². The Morgan fingerprint density at radius 3 is 1.89 bits per heavy atom. The molecule has 0 fully saturated rings. The van der Waals surface area contributed by atoms with Crippen molar-refractivity contribution in [2.75, 3.05) is 0 Å². The number of alkyl halides is 2. The van der Waals surface area contributed by atoms with Crippen molar-refractivity contribution in [3.05, 3.63) is 87.7 Å². The van der Waals surface area contributed by atoms with Gasteiger partial charge in [-0.2, -0.15) is 0 Å². The molecule has 186 valence electrons. The van der Waals surface area contributed by atoms with Gasteiger partial charge in [-0.1, -0.05) is 63.4 Å². The Hall–Kier alpha value is -2.89. The third kappa shape index (κ3) is 4.93. The normalized spacial score (nSPS) is 16.7. The summed E-state index contributed by atoms with van der Waals surface area (Å²) in [6.45, 7) is 3.66. The molecule has 0 aliphatic heterocycles. The van der Waals surface area contributed by atoms with E-state index in [0.717, 1.165) is 19.3 Å². The molecule has 3 aromatic carbocycles. The first-order chi connectivity index (χ1) is 16.9. The molecule has 0 heterocycles. The maximum absolute atomic E-state index is 15.3. The summed E-state index contributed by atoms with van der Waals surface area (Å²) in [6, 6.07) is 10.5. The average molecular weight is 489 g/mol. The number of unbranched alkanes of at least 4 members (excludes halogenated alkanes) is 2. The minimum absolute atomic E-state index is 0.0116. The summed E-state index contributed by atoms with van der Waals surface area (Å²) >= 11 is 0. The van der Waals surface area contributed by atoms with E-state index in [-0.39, 0.29) is 34.6 Å². The number of aryl methyl sites for hydroxylation is 2. The van der Waals surface area contributed by atoms with Gasteiger partial charge < -0.3 is 4.74 Å². The van der Waals surface area contributed by atoms with E-state index in [9.17, 15) is 8.78 Å². The molecular weight excluding hydrogens is 459 g/mol. The monoisotopic (exact) mass is 488 g/mol. The Kier molecular flexibility index (Phi) is 7.78. The lowest BCUT2D eigenvalue weighted by molar-refractivity contribution is 0.159. The Morgan fingerprint density at radius 2 is 1.29 bits per heavy atom. The van der Waals surface area contributed by atoms with Gasteiger partial charge in [0.2, 0.25) is 0 Å². The Bertz CT molecular complexity index is 1210. The van der Waals surface area contributed by atoms with Crippen molar-refractivity contribution in [1.29, 1.82) is 0 Å². The van der Waals surface area contributed by atoms with E-state index in [1.807, 2.05) is 6.92 Å². The summed E-state index contributed by atoms with van der Waals surface area (Å²) in [7, 11) is 0. The first kappa shape index (κ1) is 25.2. The van der Waals surface area contributed by atoms with E-state index < -0.39 is 35.4 Å². The van der Waals surface area contributed by atoms with Crippen LogP contribution < -0.4 is 4.74 Å². The van der Waals surface area contributed by atoms with E-state index in [1.54, 1.807) is 18.2 Å². The molecule has 0 radical (unpaired) electrons. The molecule has 1 aliphatic carbocycles. The zero-order valence-corrected chi connectivity index (χ0v) is 19.9. The van der Waals surface area contributed by atoms with Crippen LogP contribution in [0.15, 0.2) is 42.5 Å². The van der Waals surface area contributed by atoms with Crippen LogP contribution >= 0.6 is 0 Å². The first-order valence-corrected chi connectivity index (χ1v) is 12.2. The number of fused-ring (bicyclic) bond motifs is 3. The van der Waals surface area contributed by atoms with Crippen LogP contribution in [0.5, 0.6) is 5.75 Å². The summed E-state index contributed by atoms with van der Waals surface area (Å²) in [5, 5.41) is 0. The van der Waals surface area contributed by atoms with Crippen molar-refractivity contribution in [1.82, 2.24) is 0 Å². The first-order valence-electron chi connectivity index (χ1n) is 12.2. The molecule has 0 amide bonds. The quantitative estimate of drug-likeness (QED) is 0.216. The summed E-state index contributed by atoms with van der Waals surface area (Å²) in [5.41, 5.74) is 0.419. The molecule has 0 bridgehead atoms. The van der Waals surface area contributed by atoms with E-state index in [1.165, 1.54) is 24.3 Å². The Labute approximate surface area is 202 Å². The number of hydrogen-bond donors (Lipinski definition) is 0. The maximum Gasteiger partial charge on any atom is 0.164 e. The predicted octanol–water partition coefficient (Wildman–Crippen LogP) is 9.07. The zero-order valence-electron chi connectivity index (χ0n) is 19.9. The molecule has 0 saturated heterocycles. The van der Waals surface area contributed by atoms with Gasteiger partial charge in [-0.3, -0.25) is 0 Å². The highest BCUT2D eigenvalue weighted by Gasteiger charge is 2.39. The van der Waals surface area contributed by atoms with Crippen LogP contribution in [0.25, 0.3) is 11.1 Å². The third-order valence-electron chi connectivity index (χ3n) is 6.61. The summed E-state index contributed by atoms with van der Waals surface area (Å²) in [4.78, 5) is 0. The SMILES string of the molecule is CCCCCc1ccc(OCc2ccc3c(c2F)C(F)C(F)c2c-3ccc(CCC)c2F)cc1F. The van der Waals surface area contributed by atoms with Gasteiger partial charge in [0, 0.05) is 22.8 Å². The highest BCUT2D eigenvalue weighted by Crippen LogP contribution is 2.51. The molecule has 35 heavy (non-hydrogen) atoms. The lowest BCUT2D eigenvalue weighted by Crippen LogP contribution is -2.17. The standard InChI is InChI=1S/C29H29F5O/c1-3-5-6-8-17-9-12-20(15-23(17)30)35-16-19-11-14-22-21-13-10-18(7-4-2)26(31)24(21)28(33)29(34)25(22)27(19)32/h9-15,28-29H,3-8,16H2,1-2H3. The molecule has 0 aromatic heterocycles. The smallest absolute Gasteiger partial charge is 0.164 e. The maximum atomic E-state index is 15.3. The van der Waals surface area contributed by atoms with Crippen LogP contribution in [-0.2, 0) is 19.4 Å². The average Bonchev–Trinajstić information content (AvgIpc) is 2.84. The van der Waals surface area contributed by atoms with Crippen LogP contribution in [0.3, 0.4) is 0 Å². The van der Waals surface area contributed by atoms with Crippen LogP contribution in [0.4, 0.5) is 22.0 Å². The molecule has 1 aliphatic rings. The van der Waals surface area contributed by atoms with Crippen molar-refractivity contribution in [3.63, 3.8) is 0 Å². The fourth-order valence-electron chi connectivity index (χ4n) is 4.70. The highest BCUT2D eigenvalue weighted by molar-refractivity contribution is 5.76. The van der Waals surface area contributed by atoms with E-state index in [4.69, 9.17) is 4.74 Å². The fourth-order valence-corrected chi connectivity index (χ4v) is 4.70. The summed E-state index contributed by atoms with van der Waals surface area (Å²) < 4.78 is 80.4. The second kappa shape index (κ2) is 10.8. The molecule has 0 N–H and O–H groups in total. The molecule has 1 nitrogen and oxygen atoms in total. The molecule has 6 heteroatoms. The van der Waals surface area contributed by atoms with Crippen LogP contribution in [-0.4, -0.2) is 0 Å². The highest BCUT2D eigenvalue weighted by atomic mass is 19.2. The van der Waals surface area contributed by atoms with E-state index in [2.05, 4.69) is 6.92 Å². The van der Waals surface area contributed by atoms with Gasteiger partial charge in [0.25, 0.3) is 0 Å². The number of rotatable bonds is 9. The van der Waals surface area contributed by atoms with Crippen molar-refractivity contribution >= 4 is 0 Å². The second-order valence-electron chi connectivity index (χ2n) is 9.05. The topological polar surface area (TPSA) is 9.23 Å². The number of halogens is 5. The molecule has 3 aromatic rings. The minimum Gasteiger partial charge on any atom is -0.489 e. The van der Waals surface area contributed by atoms with Gasteiger partial charge >= 0.3 is 0 Å². The number of ether oxygens (including phenoxy) is 1. The van der Waals surface area contributed by atoms with Crippen molar-refractivity contribution in [2.45, 2.75) is 71.3 Å². The second-order valence-corrected chi connectivity index (χ2v) is 9.05. The minimum atomic E-state index is -2.34. The zero-order chi connectivity index (χ0) is 25.1. The van der Waals surface area contributed by atoms with Gasteiger partial charge in [-0.25, -0.2) is 22.0 Å². The summed E-state index contributed by atoms with van der Waals surface area (Å²) in [5.74, 6) is -1.87. The molecule has 0 spiro atoms. The Morgan fingerprint density at radius 1 is 0.686 bits per heavy atom. The lowest BCUT2D eigenvalue weighted by Gasteiger charge is -2.28. The largest absolute Gasteiger partial charge is 0.489 e. The lowest BCUT2D eigenvalue weighted by atomic mass is 9.81. The van der Waals surface area contributed by atoms with Gasteiger partial charge in [0.15, 0.2) is 12.3 Å². The van der Waals surface area contributed by atoms with E-state index >= 15 is 13.2 Å². The van der Waals surface area contributed by atoms with Crippen molar-refractivity contribution in [3.8, 4) is 16.9 Å². The Balaban J connectivity index is 1.59. The third-order valence-corrected chi connectivity index (χ3v) is 6.61. The van der Waals surface area contributed by atoms with Gasteiger partial charge in [-0.15, -0.1) is 0 Å². The fraction of sp³-hybridized carbons (Fsp3) is 0.379. The van der Waals surface area contributed by atoms with Gasteiger partial charge in [-0.05, 0) is 47.6 Å². The van der Waals surface area contributed by atoms with Crippen LogP contribution in [0.2, 0.25) is 0 Å². The molecule has 4 rings (SSSR count). The molecule has 0 saturated carbocycles.